The highest BCUT2D eigenvalue weighted by atomic mass is 35.5. The van der Waals surface area contributed by atoms with Crippen molar-refractivity contribution in [2.75, 3.05) is 6.61 Å². The summed E-state index contributed by atoms with van der Waals surface area (Å²) in [6.07, 6.45) is 0. The van der Waals surface area contributed by atoms with Gasteiger partial charge in [0.15, 0.2) is 6.04 Å². The zero-order valence-corrected chi connectivity index (χ0v) is 10.00. The molecule has 5 nitrogen and oxygen atoms in total. The van der Waals surface area contributed by atoms with Gasteiger partial charge in [0.1, 0.15) is 0 Å². The van der Waals surface area contributed by atoms with Gasteiger partial charge in [-0.2, -0.15) is 0 Å². The normalized spacial score (nSPS) is 11.9. The maximum Gasteiger partial charge on any atom is 0.328 e. The third kappa shape index (κ3) is 3.33. The Morgan fingerprint density at radius 3 is 2.53 bits per heavy atom. The Balaban J connectivity index is 2.90. The molecule has 0 heterocycles. The van der Waals surface area contributed by atoms with E-state index >= 15 is 0 Å². The first kappa shape index (κ1) is 13.8. The van der Waals surface area contributed by atoms with Gasteiger partial charge in [0.05, 0.1) is 22.2 Å². The van der Waals surface area contributed by atoms with E-state index in [4.69, 9.17) is 33.4 Å². The van der Waals surface area contributed by atoms with Crippen LogP contribution in [-0.2, 0) is 4.79 Å². The zero-order chi connectivity index (χ0) is 13.0. The summed E-state index contributed by atoms with van der Waals surface area (Å²) in [7, 11) is 0. The molecule has 1 rings (SSSR count). The standard InChI is InChI=1S/C10H9Cl2NO4/c11-6-3-1-2-5(8(6)12)9(15)13-7(4-14)10(16)17/h1-3,7,14H,4H2,(H,13,15)(H,16,17). The van der Waals surface area contributed by atoms with Crippen LogP contribution in [0.5, 0.6) is 0 Å². The van der Waals surface area contributed by atoms with Crippen molar-refractivity contribution in [1.82, 2.24) is 5.32 Å². The second-order valence-electron chi connectivity index (χ2n) is 3.15. The van der Waals surface area contributed by atoms with Crippen molar-refractivity contribution in [3.05, 3.63) is 33.8 Å². The van der Waals surface area contributed by atoms with Gasteiger partial charge in [0, 0.05) is 0 Å². The Hall–Kier alpha value is -1.30. The molecule has 0 aliphatic heterocycles. The molecule has 7 heteroatoms. The van der Waals surface area contributed by atoms with Crippen molar-refractivity contribution >= 4 is 35.1 Å². The van der Waals surface area contributed by atoms with Crippen LogP contribution in [0.4, 0.5) is 0 Å². The van der Waals surface area contributed by atoms with Crippen LogP contribution in [0.15, 0.2) is 18.2 Å². The Bertz CT molecular complexity index is 450. The van der Waals surface area contributed by atoms with E-state index in [9.17, 15) is 9.59 Å². The number of amides is 1. The first-order valence-electron chi connectivity index (χ1n) is 4.56. The summed E-state index contributed by atoms with van der Waals surface area (Å²) in [5.41, 5.74) is 0.0545. The van der Waals surface area contributed by atoms with Crippen molar-refractivity contribution in [1.29, 1.82) is 0 Å². The lowest BCUT2D eigenvalue weighted by molar-refractivity contribution is -0.140. The lowest BCUT2D eigenvalue weighted by Crippen LogP contribution is -2.43. The van der Waals surface area contributed by atoms with Crippen LogP contribution in [0.3, 0.4) is 0 Å². The molecule has 3 N–H and O–H groups in total. The Morgan fingerprint density at radius 2 is 2.00 bits per heavy atom. The molecule has 0 spiro atoms. The number of carbonyl (C=O) groups is 2. The van der Waals surface area contributed by atoms with E-state index in [2.05, 4.69) is 5.32 Å². The second kappa shape index (κ2) is 5.86. The van der Waals surface area contributed by atoms with E-state index in [-0.39, 0.29) is 15.6 Å². The van der Waals surface area contributed by atoms with E-state index in [1.54, 1.807) is 0 Å². The number of aliphatic hydroxyl groups excluding tert-OH is 1. The van der Waals surface area contributed by atoms with E-state index in [0.29, 0.717) is 0 Å². The van der Waals surface area contributed by atoms with Crippen LogP contribution in [0.2, 0.25) is 10.0 Å². The summed E-state index contributed by atoms with van der Waals surface area (Å²) in [4.78, 5) is 22.3. The Labute approximate surface area is 107 Å². The highest BCUT2D eigenvalue weighted by Gasteiger charge is 2.21. The number of carboxylic acids is 1. The maximum atomic E-state index is 11.7. The molecular weight excluding hydrogens is 269 g/mol. The van der Waals surface area contributed by atoms with Gasteiger partial charge in [0.2, 0.25) is 0 Å². The average Bonchev–Trinajstić information content (AvgIpc) is 2.28. The quantitative estimate of drug-likeness (QED) is 0.771. The molecular formula is C10H9Cl2NO4. The summed E-state index contributed by atoms with van der Waals surface area (Å²) in [5.74, 6) is -2.04. The fourth-order valence-corrected chi connectivity index (χ4v) is 1.49. The maximum absolute atomic E-state index is 11.7. The minimum atomic E-state index is -1.38. The Kier molecular flexibility index (Phi) is 4.74. The number of benzene rings is 1. The minimum Gasteiger partial charge on any atom is -0.480 e. The SMILES string of the molecule is O=C(NC(CO)C(=O)O)c1cccc(Cl)c1Cl. The van der Waals surface area contributed by atoms with E-state index in [1.807, 2.05) is 0 Å². The molecule has 1 atom stereocenters. The van der Waals surface area contributed by atoms with Crippen molar-refractivity contribution < 1.29 is 19.8 Å². The lowest BCUT2D eigenvalue weighted by atomic mass is 10.2. The van der Waals surface area contributed by atoms with Gasteiger partial charge in [-0.25, -0.2) is 4.79 Å². The van der Waals surface area contributed by atoms with Gasteiger partial charge in [-0.15, -0.1) is 0 Å². The first-order valence-corrected chi connectivity index (χ1v) is 5.31. The molecule has 0 aliphatic rings. The number of hydrogen-bond donors (Lipinski definition) is 3. The predicted molar refractivity (Wildman–Crippen MR) is 62.4 cm³/mol. The highest BCUT2D eigenvalue weighted by molar-refractivity contribution is 6.43. The number of aliphatic carboxylic acids is 1. The third-order valence-electron chi connectivity index (χ3n) is 1.98. The second-order valence-corrected chi connectivity index (χ2v) is 3.93. The molecule has 17 heavy (non-hydrogen) atoms. The monoisotopic (exact) mass is 277 g/mol. The molecule has 0 fully saturated rings. The van der Waals surface area contributed by atoms with Crippen molar-refractivity contribution in [3.63, 3.8) is 0 Å². The van der Waals surface area contributed by atoms with Crippen molar-refractivity contribution in [2.24, 2.45) is 0 Å². The summed E-state index contributed by atoms with van der Waals surface area (Å²) in [6.45, 7) is -0.709. The molecule has 0 bridgehead atoms. The summed E-state index contributed by atoms with van der Waals surface area (Å²) < 4.78 is 0. The average molecular weight is 278 g/mol. The van der Waals surface area contributed by atoms with Crippen molar-refractivity contribution in [3.8, 4) is 0 Å². The molecule has 0 saturated heterocycles. The number of halogens is 2. The molecule has 1 unspecified atom stereocenters. The molecule has 1 aromatic carbocycles. The Morgan fingerprint density at radius 1 is 1.35 bits per heavy atom. The summed E-state index contributed by atoms with van der Waals surface area (Å²) >= 11 is 11.5. The van der Waals surface area contributed by atoms with Gasteiger partial charge >= 0.3 is 5.97 Å². The van der Waals surface area contributed by atoms with Crippen LogP contribution in [0.1, 0.15) is 10.4 Å². The molecule has 0 saturated carbocycles. The molecule has 0 aromatic heterocycles. The van der Waals surface area contributed by atoms with Crippen LogP contribution < -0.4 is 5.32 Å². The predicted octanol–water partition coefficient (Wildman–Crippen LogP) is 1.17. The zero-order valence-electron chi connectivity index (χ0n) is 8.48. The number of nitrogens with one attached hydrogen (secondary N) is 1. The smallest absolute Gasteiger partial charge is 0.328 e. The number of carboxylic acid groups (broad SMARTS) is 1. The molecule has 0 radical (unpaired) electrons. The van der Waals surface area contributed by atoms with Crippen LogP contribution in [0, 0.1) is 0 Å². The number of carbonyl (C=O) groups excluding carboxylic acids is 1. The van der Waals surface area contributed by atoms with E-state index in [1.165, 1.54) is 18.2 Å². The van der Waals surface area contributed by atoms with Gasteiger partial charge < -0.3 is 15.5 Å². The van der Waals surface area contributed by atoms with Gasteiger partial charge in [0.25, 0.3) is 5.91 Å². The number of rotatable bonds is 4. The molecule has 1 aromatic rings. The fourth-order valence-electron chi connectivity index (χ4n) is 1.10. The van der Waals surface area contributed by atoms with Crippen LogP contribution in [0.25, 0.3) is 0 Å². The molecule has 0 aliphatic carbocycles. The van der Waals surface area contributed by atoms with Crippen LogP contribution >= 0.6 is 23.2 Å². The van der Waals surface area contributed by atoms with Crippen LogP contribution in [-0.4, -0.2) is 34.7 Å². The minimum absolute atomic E-state index is 0.0359. The van der Waals surface area contributed by atoms with Gasteiger partial charge in [-0.1, -0.05) is 29.3 Å². The highest BCUT2D eigenvalue weighted by Crippen LogP contribution is 2.25. The lowest BCUT2D eigenvalue weighted by Gasteiger charge is -2.12. The molecule has 92 valence electrons. The third-order valence-corrected chi connectivity index (χ3v) is 2.80. The van der Waals surface area contributed by atoms with Crippen molar-refractivity contribution in [2.45, 2.75) is 6.04 Å². The summed E-state index contributed by atoms with van der Waals surface area (Å²) in [5, 5.41) is 19.8. The van der Waals surface area contributed by atoms with E-state index < -0.39 is 24.5 Å². The first-order chi connectivity index (χ1) is 7.97. The molecule has 1 amide bonds. The fraction of sp³-hybridized carbons (Fsp3) is 0.200. The van der Waals surface area contributed by atoms with E-state index in [0.717, 1.165) is 0 Å². The van der Waals surface area contributed by atoms with Gasteiger partial charge in [-0.3, -0.25) is 4.79 Å². The number of hydrogen-bond acceptors (Lipinski definition) is 3. The number of aliphatic hydroxyl groups is 1. The van der Waals surface area contributed by atoms with Gasteiger partial charge in [-0.05, 0) is 12.1 Å². The summed E-state index contributed by atoms with van der Waals surface area (Å²) in [6, 6.07) is 3.04. The topological polar surface area (TPSA) is 86.6 Å². The largest absolute Gasteiger partial charge is 0.480 e.